The maximum Gasteiger partial charge on any atom is 0.248 e. The van der Waals surface area contributed by atoms with Crippen LogP contribution in [-0.2, 0) is 9.59 Å². The summed E-state index contributed by atoms with van der Waals surface area (Å²) in [6, 6.07) is 21.8. The van der Waals surface area contributed by atoms with Gasteiger partial charge in [-0.05, 0) is 54.1 Å². The molecule has 3 aromatic rings. The Balaban J connectivity index is 1.47. The van der Waals surface area contributed by atoms with Crippen LogP contribution in [0.4, 0.5) is 11.4 Å². The molecular weight excluding hydrogens is 439 g/mol. The number of benzene rings is 3. The highest BCUT2D eigenvalue weighted by Crippen LogP contribution is 2.25. The van der Waals surface area contributed by atoms with Gasteiger partial charge in [0.2, 0.25) is 11.8 Å². The van der Waals surface area contributed by atoms with Crippen LogP contribution in [0.2, 0.25) is 10.0 Å². The molecule has 7 heteroatoms. The van der Waals surface area contributed by atoms with E-state index in [1.54, 1.807) is 36.4 Å². The maximum absolute atomic E-state index is 12.1. The van der Waals surface area contributed by atoms with Crippen LogP contribution in [0.5, 0.6) is 0 Å². The van der Waals surface area contributed by atoms with Crippen LogP contribution in [0, 0.1) is 0 Å². The molecule has 4 nitrogen and oxygen atoms in total. The van der Waals surface area contributed by atoms with Crippen LogP contribution in [-0.4, -0.2) is 17.6 Å². The second-order valence-corrected chi connectivity index (χ2v) is 8.09. The number of carbonyl (C=O) groups excluding carboxylic acids is 2. The lowest BCUT2D eigenvalue weighted by Crippen LogP contribution is -2.13. The second-order valence-electron chi connectivity index (χ2n) is 6.22. The van der Waals surface area contributed by atoms with Gasteiger partial charge in [0.15, 0.2) is 0 Å². The molecular formula is C23H18Cl2N2O2S. The van der Waals surface area contributed by atoms with Crippen LogP contribution in [0.25, 0.3) is 6.08 Å². The summed E-state index contributed by atoms with van der Waals surface area (Å²) in [6.45, 7) is 0. The van der Waals surface area contributed by atoms with E-state index in [1.807, 2.05) is 42.5 Å². The normalized spacial score (nSPS) is 10.7. The smallest absolute Gasteiger partial charge is 0.248 e. The predicted octanol–water partition coefficient (Wildman–Crippen LogP) is 6.38. The fourth-order valence-electron chi connectivity index (χ4n) is 2.47. The lowest BCUT2D eigenvalue weighted by atomic mass is 10.2. The van der Waals surface area contributed by atoms with Gasteiger partial charge in [-0.3, -0.25) is 9.59 Å². The lowest BCUT2D eigenvalue weighted by molar-refractivity contribution is -0.114. The molecule has 0 radical (unpaired) electrons. The van der Waals surface area contributed by atoms with Gasteiger partial charge in [0.1, 0.15) is 0 Å². The molecule has 2 amide bonds. The van der Waals surface area contributed by atoms with Gasteiger partial charge < -0.3 is 10.6 Å². The topological polar surface area (TPSA) is 58.2 Å². The second kappa shape index (κ2) is 10.9. The summed E-state index contributed by atoms with van der Waals surface area (Å²) in [5.41, 5.74) is 2.23. The molecule has 0 saturated carbocycles. The van der Waals surface area contributed by atoms with Gasteiger partial charge in [0.25, 0.3) is 0 Å². The Morgan fingerprint density at radius 3 is 2.23 bits per heavy atom. The van der Waals surface area contributed by atoms with Gasteiger partial charge in [-0.2, -0.15) is 0 Å². The number of halogens is 2. The SMILES string of the molecule is O=C(/C=C/c1ccccc1)Nc1ccc(SCC(=O)Nc2ccc(Cl)c(Cl)c2)cc1. The number of hydrogen-bond donors (Lipinski definition) is 2. The van der Waals surface area contributed by atoms with Crippen molar-refractivity contribution in [2.45, 2.75) is 4.90 Å². The number of thioether (sulfide) groups is 1. The predicted molar refractivity (Wildman–Crippen MR) is 126 cm³/mol. The quantitative estimate of drug-likeness (QED) is 0.320. The molecule has 0 bridgehead atoms. The number of anilines is 2. The molecule has 0 aromatic heterocycles. The minimum atomic E-state index is -0.208. The average Bonchev–Trinajstić information content (AvgIpc) is 2.75. The van der Waals surface area contributed by atoms with Gasteiger partial charge in [-0.25, -0.2) is 0 Å². The van der Waals surface area contributed by atoms with E-state index in [0.29, 0.717) is 21.4 Å². The van der Waals surface area contributed by atoms with Crippen LogP contribution in [0.3, 0.4) is 0 Å². The lowest BCUT2D eigenvalue weighted by Gasteiger charge is -2.07. The van der Waals surface area contributed by atoms with E-state index in [1.165, 1.54) is 17.8 Å². The molecule has 0 saturated heterocycles. The first kappa shape index (κ1) is 22.0. The highest BCUT2D eigenvalue weighted by molar-refractivity contribution is 8.00. The van der Waals surface area contributed by atoms with Crippen molar-refractivity contribution in [1.29, 1.82) is 0 Å². The average molecular weight is 457 g/mol. The van der Waals surface area contributed by atoms with Crippen molar-refractivity contribution in [3.05, 3.63) is 94.5 Å². The summed E-state index contributed by atoms with van der Waals surface area (Å²) in [7, 11) is 0. The summed E-state index contributed by atoms with van der Waals surface area (Å²) in [5.74, 6) is -0.117. The van der Waals surface area contributed by atoms with Crippen molar-refractivity contribution >= 4 is 64.2 Å². The standard InChI is InChI=1S/C23H18Cl2N2O2S/c24-20-12-9-18(14-21(20)25)27-23(29)15-30-19-10-7-17(8-11-19)26-22(28)13-6-16-4-2-1-3-5-16/h1-14H,15H2,(H,26,28)(H,27,29)/b13-6+. The third kappa shape index (κ3) is 6.95. The molecule has 3 rings (SSSR count). The highest BCUT2D eigenvalue weighted by atomic mass is 35.5. The molecule has 3 aromatic carbocycles. The largest absolute Gasteiger partial charge is 0.325 e. The van der Waals surface area contributed by atoms with E-state index in [0.717, 1.165) is 10.5 Å². The third-order valence-electron chi connectivity index (χ3n) is 3.92. The molecule has 152 valence electrons. The van der Waals surface area contributed by atoms with Crippen molar-refractivity contribution in [3.63, 3.8) is 0 Å². The Kier molecular flexibility index (Phi) is 7.97. The molecule has 0 atom stereocenters. The van der Waals surface area contributed by atoms with E-state index in [9.17, 15) is 9.59 Å². The van der Waals surface area contributed by atoms with Crippen molar-refractivity contribution in [3.8, 4) is 0 Å². The zero-order valence-electron chi connectivity index (χ0n) is 15.8. The Bertz CT molecular complexity index is 1050. The minimum Gasteiger partial charge on any atom is -0.325 e. The first-order valence-corrected chi connectivity index (χ1v) is 10.8. The number of nitrogens with one attached hydrogen (secondary N) is 2. The number of hydrogen-bond acceptors (Lipinski definition) is 3. The van der Waals surface area contributed by atoms with E-state index in [2.05, 4.69) is 10.6 Å². The molecule has 0 unspecified atom stereocenters. The van der Waals surface area contributed by atoms with Gasteiger partial charge in [0, 0.05) is 22.3 Å². The first-order chi connectivity index (χ1) is 14.5. The van der Waals surface area contributed by atoms with Crippen molar-refractivity contribution in [2.75, 3.05) is 16.4 Å². The van der Waals surface area contributed by atoms with Crippen LogP contribution < -0.4 is 10.6 Å². The Hall–Kier alpha value is -2.73. The van der Waals surface area contributed by atoms with Gasteiger partial charge in [0.05, 0.1) is 15.8 Å². The Labute approximate surface area is 189 Å². The fraction of sp³-hybridized carbons (Fsp3) is 0.0435. The van der Waals surface area contributed by atoms with Gasteiger partial charge in [-0.1, -0.05) is 53.5 Å². The number of carbonyl (C=O) groups is 2. The van der Waals surface area contributed by atoms with Crippen molar-refractivity contribution in [2.24, 2.45) is 0 Å². The first-order valence-electron chi connectivity index (χ1n) is 9.01. The molecule has 0 fully saturated rings. The molecule has 0 aliphatic heterocycles. The van der Waals surface area contributed by atoms with E-state index in [4.69, 9.17) is 23.2 Å². The molecule has 0 heterocycles. The van der Waals surface area contributed by atoms with E-state index < -0.39 is 0 Å². The highest BCUT2D eigenvalue weighted by Gasteiger charge is 2.06. The van der Waals surface area contributed by atoms with Crippen molar-refractivity contribution < 1.29 is 9.59 Å². The van der Waals surface area contributed by atoms with E-state index in [-0.39, 0.29) is 17.6 Å². The number of amides is 2. The summed E-state index contributed by atoms with van der Waals surface area (Å²) in [5, 5.41) is 6.41. The molecule has 0 spiro atoms. The summed E-state index contributed by atoms with van der Waals surface area (Å²) >= 11 is 13.2. The maximum atomic E-state index is 12.1. The zero-order chi connectivity index (χ0) is 21.3. The Morgan fingerprint density at radius 2 is 1.53 bits per heavy atom. The monoisotopic (exact) mass is 456 g/mol. The summed E-state index contributed by atoms with van der Waals surface area (Å²) in [6.07, 6.45) is 3.25. The van der Waals surface area contributed by atoms with Gasteiger partial charge in [-0.15, -0.1) is 11.8 Å². The number of rotatable bonds is 7. The fourth-order valence-corrected chi connectivity index (χ4v) is 3.47. The molecule has 0 aliphatic rings. The third-order valence-corrected chi connectivity index (χ3v) is 5.67. The van der Waals surface area contributed by atoms with Crippen LogP contribution >= 0.6 is 35.0 Å². The zero-order valence-corrected chi connectivity index (χ0v) is 18.1. The molecule has 30 heavy (non-hydrogen) atoms. The molecule has 2 N–H and O–H groups in total. The Morgan fingerprint density at radius 1 is 0.833 bits per heavy atom. The van der Waals surface area contributed by atoms with E-state index >= 15 is 0 Å². The van der Waals surface area contributed by atoms with Gasteiger partial charge >= 0.3 is 0 Å². The van der Waals surface area contributed by atoms with Crippen LogP contribution in [0.15, 0.2) is 83.8 Å². The summed E-state index contributed by atoms with van der Waals surface area (Å²) < 4.78 is 0. The van der Waals surface area contributed by atoms with Crippen LogP contribution in [0.1, 0.15) is 5.56 Å². The molecule has 0 aliphatic carbocycles. The summed E-state index contributed by atoms with van der Waals surface area (Å²) in [4.78, 5) is 25.1. The van der Waals surface area contributed by atoms with Crippen molar-refractivity contribution in [1.82, 2.24) is 0 Å². The minimum absolute atomic E-state index is 0.151.